The molecule has 0 aromatic rings. The summed E-state index contributed by atoms with van der Waals surface area (Å²) in [5.41, 5.74) is 6.14. The van der Waals surface area contributed by atoms with Crippen molar-refractivity contribution in [2.24, 2.45) is 0 Å². The number of halogens is 2. The molecule has 0 aliphatic heterocycles. The summed E-state index contributed by atoms with van der Waals surface area (Å²) < 4.78 is 0. The van der Waals surface area contributed by atoms with E-state index in [0.717, 1.165) is 12.8 Å². The molecule has 0 fully saturated rings. The first kappa shape index (κ1) is 25.5. The average molecular weight is 387 g/mol. The van der Waals surface area contributed by atoms with E-state index in [4.69, 9.17) is 0 Å². The summed E-state index contributed by atoms with van der Waals surface area (Å²) in [6, 6.07) is 0. The van der Waals surface area contributed by atoms with E-state index in [2.05, 4.69) is 38.2 Å². The summed E-state index contributed by atoms with van der Waals surface area (Å²) in [4.78, 5) is 0. The zero-order valence-corrected chi connectivity index (χ0v) is 17.6. The fraction of sp³-hybridized carbons (Fsp3) is 0.600. The average Bonchev–Trinajstić information content (AvgIpc) is 3.09. The van der Waals surface area contributed by atoms with E-state index in [1.165, 1.54) is 62.5 Å². The number of allylic oxidation sites excluding steroid dienone is 8. The molecule has 0 spiro atoms. The molecule has 0 N–H and O–H groups in total. The van der Waals surface area contributed by atoms with Gasteiger partial charge in [0.2, 0.25) is 0 Å². The number of rotatable bonds is 9. The second-order valence-electron chi connectivity index (χ2n) is 5.88. The van der Waals surface area contributed by atoms with Gasteiger partial charge in [0.1, 0.15) is 0 Å². The van der Waals surface area contributed by atoms with Crippen LogP contribution in [0.15, 0.2) is 34.4 Å². The molecule has 0 amide bonds. The first-order chi connectivity index (χ1) is 9.85. The molecule has 126 valence electrons. The maximum atomic E-state index is 3.56. The molecule has 2 rings (SSSR count). The van der Waals surface area contributed by atoms with Gasteiger partial charge in [0.05, 0.1) is 0 Å². The van der Waals surface area contributed by atoms with Gasteiger partial charge in [-0.15, -0.1) is 12.8 Å². The van der Waals surface area contributed by atoms with Gasteiger partial charge in [0, 0.05) is 0 Å². The number of unbranched alkanes of at least 4 members (excludes halogenated alkanes) is 2. The van der Waals surface area contributed by atoms with Crippen molar-refractivity contribution in [3.8, 4) is 0 Å². The van der Waals surface area contributed by atoms with E-state index in [1.807, 2.05) is 0 Å². The first-order valence-electron chi connectivity index (χ1n) is 8.43. The third-order valence-corrected chi connectivity index (χ3v) is 4.33. The number of hydrogen-bond acceptors (Lipinski definition) is 0. The molecule has 0 saturated carbocycles. The normalized spacial score (nSPS) is 15.6. The molecule has 0 aromatic heterocycles. The second-order valence-corrected chi connectivity index (χ2v) is 5.88. The van der Waals surface area contributed by atoms with E-state index in [-0.39, 0.29) is 46.5 Å². The number of hydrogen-bond donors (Lipinski definition) is 0. The minimum atomic E-state index is 0. The van der Waals surface area contributed by atoms with Crippen molar-refractivity contribution in [2.75, 3.05) is 0 Å². The molecule has 0 atom stereocenters. The monoisotopic (exact) mass is 386 g/mol. The molecule has 0 nitrogen and oxygen atoms in total. The van der Waals surface area contributed by atoms with Crippen LogP contribution in [-0.2, 0) is 21.7 Å². The van der Waals surface area contributed by atoms with Gasteiger partial charge in [0.25, 0.3) is 0 Å². The van der Waals surface area contributed by atoms with Crippen molar-refractivity contribution < 1.29 is 46.5 Å². The first-order valence-corrected chi connectivity index (χ1v) is 8.43. The maximum Gasteiger partial charge on any atom is 4.00 e. The minimum Gasteiger partial charge on any atom is -1.00 e. The van der Waals surface area contributed by atoms with Gasteiger partial charge in [-0.3, -0.25) is 12.2 Å². The van der Waals surface area contributed by atoms with E-state index in [1.54, 1.807) is 11.1 Å². The Morgan fingerprint density at radius 1 is 0.739 bits per heavy atom. The van der Waals surface area contributed by atoms with Crippen molar-refractivity contribution in [1.29, 1.82) is 0 Å². The molecule has 0 radical (unpaired) electrons. The fourth-order valence-corrected chi connectivity index (χ4v) is 3.06. The molecular formula is C20H28Cl2Ti. The summed E-state index contributed by atoms with van der Waals surface area (Å²) in [6.07, 6.45) is 24.0. The van der Waals surface area contributed by atoms with Crippen molar-refractivity contribution in [2.45, 2.75) is 78.1 Å². The Balaban J connectivity index is 0. The zero-order chi connectivity index (χ0) is 14.2. The molecule has 0 saturated heterocycles. The van der Waals surface area contributed by atoms with Crippen LogP contribution in [0, 0.1) is 12.2 Å². The van der Waals surface area contributed by atoms with Crippen LogP contribution in [0.2, 0.25) is 0 Å². The van der Waals surface area contributed by atoms with Crippen molar-refractivity contribution >= 4 is 0 Å². The van der Waals surface area contributed by atoms with Gasteiger partial charge in [-0.1, -0.05) is 65.2 Å². The zero-order valence-electron chi connectivity index (χ0n) is 14.5. The van der Waals surface area contributed by atoms with E-state index >= 15 is 0 Å². The molecule has 0 aromatic carbocycles. The van der Waals surface area contributed by atoms with Gasteiger partial charge >= 0.3 is 21.7 Å². The molecule has 0 unspecified atom stereocenters. The maximum absolute atomic E-state index is 3.56. The molecule has 0 bridgehead atoms. The Kier molecular flexibility index (Phi) is 16.2. The van der Waals surface area contributed by atoms with Crippen LogP contribution >= 0.6 is 0 Å². The summed E-state index contributed by atoms with van der Waals surface area (Å²) in [6.45, 7) is 4.54. The molecule has 2 aliphatic carbocycles. The van der Waals surface area contributed by atoms with Gasteiger partial charge in [-0.2, -0.15) is 23.3 Å². The third-order valence-electron chi connectivity index (χ3n) is 4.33. The van der Waals surface area contributed by atoms with Crippen molar-refractivity contribution in [3.63, 3.8) is 0 Å². The Labute approximate surface area is 170 Å². The van der Waals surface area contributed by atoms with Gasteiger partial charge in [-0.05, 0) is 0 Å². The topological polar surface area (TPSA) is 0 Å². The quantitative estimate of drug-likeness (QED) is 0.394. The summed E-state index contributed by atoms with van der Waals surface area (Å²) in [5.74, 6) is 0. The summed E-state index contributed by atoms with van der Waals surface area (Å²) in [5, 5.41) is 0. The largest absolute Gasteiger partial charge is 4.00 e. The molecule has 0 heterocycles. The van der Waals surface area contributed by atoms with Crippen LogP contribution < -0.4 is 24.8 Å². The fourth-order valence-electron chi connectivity index (χ4n) is 3.06. The standard InChI is InChI=1S/C20H28.2ClH.Ti/c1-3-5-9-17-11-7-13-19(17)15-16-20-14-8-12-18(20)10-6-4-2;;;/h11-12H,3-10,15-16H2,1-2H3;2*1H;/q-2;;;+4/p-2. The molecule has 2 aliphatic rings. The van der Waals surface area contributed by atoms with Crippen LogP contribution in [-0.4, -0.2) is 0 Å². The minimum absolute atomic E-state index is 0. The van der Waals surface area contributed by atoms with Crippen LogP contribution in [0.4, 0.5) is 0 Å². The third kappa shape index (κ3) is 8.26. The molecular weight excluding hydrogens is 359 g/mol. The predicted octanol–water partition coefficient (Wildman–Crippen LogP) is 0.272. The Morgan fingerprint density at radius 2 is 1.13 bits per heavy atom. The Morgan fingerprint density at radius 3 is 1.48 bits per heavy atom. The predicted molar refractivity (Wildman–Crippen MR) is 87.2 cm³/mol. The second kappa shape index (κ2) is 14.6. The van der Waals surface area contributed by atoms with Crippen molar-refractivity contribution in [3.05, 3.63) is 46.6 Å². The van der Waals surface area contributed by atoms with Crippen LogP contribution in [0.5, 0.6) is 0 Å². The smallest absolute Gasteiger partial charge is 1.00 e. The van der Waals surface area contributed by atoms with E-state index < -0.39 is 0 Å². The van der Waals surface area contributed by atoms with Gasteiger partial charge < -0.3 is 24.8 Å². The van der Waals surface area contributed by atoms with Crippen LogP contribution in [0.3, 0.4) is 0 Å². The van der Waals surface area contributed by atoms with Crippen LogP contribution in [0.1, 0.15) is 78.1 Å². The summed E-state index contributed by atoms with van der Waals surface area (Å²) in [7, 11) is 0. The molecule has 23 heavy (non-hydrogen) atoms. The van der Waals surface area contributed by atoms with Crippen LogP contribution in [0.25, 0.3) is 0 Å². The van der Waals surface area contributed by atoms with E-state index in [0.29, 0.717) is 0 Å². The van der Waals surface area contributed by atoms with Gasteiger partial charge in [-0.25, -0.2) is 11.1 Å². The van der Waals surface area contributed by atoms with Crippen molar-refractivity contribution in [1.82, 2.24) is 0 Å². The van der Waals surface area contributed by atoms with Gasteiger partial charge in [0.15, 0.2) is 0 Å². The SMILES string of the molecule is CCCCC1=CC[C-]=C1CCC1=[C-]CC=C1CCCC.[Cl-].[Cl-].[Ti+4]. The van der Waals surface area contributed by atoms with E-state index in [9.17, 15) is 0 Å². The Hall–Kier alpha value is 0.254. The summed E-state index contributed by atoms with van der Waals surface area (Å²) >= 11 is 0. The molecule has 3 heteroatoms. The Bertz CT molecular complexity index is 403.